The summed E-state index contributed by atoms with van der Waals surface area (Å²) < 4.78 is 7.52. The molecule has 32 heavy (non-hydrogen) atoms. The SMILES string of the molecule is O=C([C@@H]1CCCO1)N1CCN(Cc2cn(-c3ccccc3)nc2-c2ccc(Cl)cc2)CC1. The second-order valence-electron chi connectivity index (χ2n) is 8.39. The third kappa shape index (κ3) is 4.58. The molecule has 1 aromatic heterocycles. The zero-order valence-corrected chi connectivity index (χ0v) is 18.7. The Hall–Kier alpha value is -2.67. The zero-order valence-electron chi connectivity index (χ0n) is 18.0. The molecule has 1 amide bonds. The molecule has 0 unspecified atom stereocenters. The van der Waals surface area contributed by atoms with Crippen molar-refractivity contribution < 1.29 is 9.53 Å². The molecule has 0 aliphatic carbocycles. The van der Waals surface area contributed by atoms with Crippen LogP contribution in [0.3, 0.4) is 0 Å². The Bertz CT molecular complexity index is 1050. The van der Waals surface area contributed by atoms with Crippen LogP contribution in [-0.2, 0) is 16.1 Å². The highest BCUT2D eigenvalue weighted by Crippen LogP contribution is 2.27. The molecule has 5 rings (SSSR count). The Kier molecular flexibility index (Phi) is 6.26. The number of hydrogen-bond donors (Lipinski definition) is 0. The maximum absolute atomic E-state index is 12.7. The molecule has 3 aromatic rings. The highest BCUT2D eigenvalue weighted by atomic mass is 35.5. The van der Waals surface area contributed by atoms with Gasteiger partial charge in [0.05, 0.1) is 11.4 Å². The lowest BCUT2D eigenvalue weighted by molar-refractivity contribution is -0.142. The maximum atomic E-state index is 12.7. The fourth-order valence-electron chi connectivity index (χ4n) is 4.43. The van der Waals surface area contributed by atoms with Crippen molar-refractivity contribution in [1.29, 1.82) is 0 Å². The third-order valence-corrected chi connectivity index (χ3v) is 6.46. The second kappa shape index (κ2) is 9.45. The second-order valence-corrected chi connectivity index (χ2v) is 8.83. The molecule has 2 saturated heterocycles. The number of halogens is 1. The van der Waals surface area contributed by atoms with E-state index in [4.69, 9.17) is 21.4 Å². The van der Waals surface area contributed by atoms with Crippen molar-refractivity contribution in [3.63, 3.8) is 0 Å². The minimum Gasteiger partial charge on any atom is -0.368 e. The number of nitrogens with zero attached hydrogens (tertiary/aromatic N) is 4. The van der Waals surface area contributed by atoms with E-state index in [1.54, 1.807) is 0 Å². The van der Waals surface area contributed by atoms with Crippen molar-refractivity contribution in [2.24, 2.45) is 0 Å². The van der Waals surface area contributed by atoms with Crippen LogP contribution in [0, 0.1) is 0 Å². The minimum absolute atomic E-state index is 0.154. The molecule has 2 aliphatic heterocycles. The molecule has 0 N–H and O–H groups in total. The largest absolute Gasteiger partial charge is 0.368 e. The predicted molar refractivity (Wildman–Crippen MR) is 125 cm³/mol. The van der Waals surface area contributed by atoms with E-state index < -0.39 is 0 Å². The summed E-state index contributed by atoms with van der Waals surface area (Å²) in [6.07, 6.45) is 3.71. The molecule has 6 nitrogen and oxygen atoms in total. The fourth-order valence-corrected chi connectivity index (χ4v) is 4.56. The van der Waals surface area contributed by atoms with Crippen LogP contribution in [0.5, 0.6) is 0 Å². The Morgan fingerprint density at radius 3 is 2.47 bits per heavy atom. The Morgan fingerprint density at radius 2 is 1.78 bits per heavy atom. The molecule has 0 saturated carbocycles. The Balaban J connectivity index is 1.33. The van der Waals surface area contributed by atoms with Crippen LogP contribution in [0.15, 0.2) is 60.8 Å². The van der Waals surface area contributed by atoms with E-state index in [0.717, 1.165) is 68.1 Å². The van der Waals surface area contributed by atoms with Gasteiger partial charge in [-0.1, -0.05) is 41.9 Å². The van der Waals surface area contributed by atoms with Crippen LogP contribution in [0.25, 0.3) is 16.9 Å². The summed E-state index contributed by atoms with van der Waals surface area (Å²) in [5.74, 6) is 0.154. The normalized spacial score (nSPS) is 19.4. The van der Waals surface area contributed by atoms with Crippen molar-refractivity contribution >= 4 is 17.5 Å². The van der Waals surface area contributed by atoms with Gasteiger partial charge in [0, 0.05) is 61.7 Å². The fraction of sp³-hybridized carbons (Fsp3) is 0.360. The lowest BCUT2D eigenvalue weighted by atomic mass is 10.1. The number of piperazine rings is 1. The summed E-state index contributed by atoms with van der Waals surface area (Å²) in [7, 11) is 0. The predicted octanol–water partition coefficient (Wildman–Crippen LogP) is 4.02. The van der Waals surface area contributed by atoms with Gasteiger partial charge in [0.15, 0.2) is 0 Å². The molecule has 0 spiro atoms. The number of aromatic nitrogens is 2. The van der Waals surface area contributed by atoms with Gasteiger partial charge in [-0.3, -0.25) is 9.69 Å². The van der Waals surface area contributed by atoms with E-state index in [1.165, 1.54) is 0 Å². The van der Waals surface area contributed by atoms with Gasteiger partial charge in [-0.2, -0.15) is 5.10 Å². The van der Waals surface area contributed by atoms with Crippen molar-refractivity contribution in [3.05, 3.63) is 71.4 Å². The summed E-state index contributed by atoms with van der Waals surface area (Å²) in [6.45, 7) is 4.65. The van der Waals surface area contributed by atoms with Gasteiger partial charge >= 0.3 is 0 Å². The molecular formula is C25H27ClN4O2. The first kappa shape index (κ1) is 21.2. The molecular weight excluding hydrogens is 424 g/mol. The van der Waals surface area contributed by atoms with E-state index >= 15 is 0 Å². The van der Waals surface area contributed by atoms with Crippen LogP contribution >= 0.6 is 11.6 Å². The minimum atomic E-state index is -0.234. The summed E-state index contributed by atoms with van der Waals surface area (Å²) in [5, 5.41) is 5.62. The van der Waals surface area contributed by atoms with E-state index in [0.29, 0.717) is 11.6 Å². The lowest BCUT2D eigenvalue weighted by Crippen LogP contribution is -2.51. The Morgan fingerprint density at radius 1 is 1.03 bits per heavy atom. The van der Waals surface area contributed by atoms with Gasteiger partial charge in [-0.15, -0.1) is 0 Å². The molecule has 1 atom stereocenters. The molecule has 7 heteroatoms. The molecule has 0 radical (unpaired) electrons. The number of para-hydroxylation sites is 1. The molecule has 2 aliphatic rings. The quantitative estimate of drug-likeness (QED) is 0.589. The van der Waals surface area contributed by atoms with Crippen molar-refractivity contribution in [1.82, 2.24) is 19.6 Å². The van der Waals surface area contributed by atoms with E-state index in [-0.39, 0.29) is 12.0 Å². The first-order valence-electron chi connectivity index (χ1n) is 11.2. The van der Waals surface area contributed by atoms with E-state index in [1.807, 2.05) is 52.0 Å². The molecule has 166 valence electrons. The van der Waals surface area contributed by atoms with E-state index in [2.05, 4.69) is 23.2 Å². The average molecular weight is 451 g/mol. The number of hydrogen-bond acceptors (Lipinski definition) is 4. The first-order chi connectivity index (χ1) is 15.7. The summed E-state index contributed by atoms with van der Waals surface area (Å²) in [5.41, 5.74) is 4.20. The number of ether oxygens (including phenoxy) is 1. The topological polar surface area (TPSA) is 50.6 Å². The van der Waals surface area contributed by atoms with E-state index in [9.17, 15) is 4.79 Å². The van der Waals surface area contributed by atoms with Crippen LogP contribution in [-0.4, -0.2) is 64.4 Å². The average Bonchev–Trinajstić information content (AvgIpc) is 3.51. The van der Waals surface area contributed by atoms with Crippen molar-refractivity contribution in [2.75, 3.05) is 32.8 Å². The van der Waals surface area contributed by atoms with Gasteiger partial charge < -0.3 is 9.64 Å². The number of rotatable bonds is 5. The summed E-state index contributed by atoms with van der Waals surface area (Å²) >= 11 is 6.11. The van der Waals surface area contributed by atoms with Gasteiger partial charge in [0.25, 0.3) is 5.91 Å². The van der Waals surface area contributed by atoms with Crippen LogP contribution < -0.4 is 0 Å². The third-order valence-electron chi connectivity index (χ3n) is 6.21. The van der Waals surface area contributed by atoms with Gasteiger partial charge in [-0.25, -0.2) is 4.68 Å². The molecule has 2 fully saturated rings. The Labute approximate surface area is 193 Å². The summed E-state index contributed by atoms with van der Waals surface area (Å²) in [6, 6.07) is 18.0. The van der Waals surface area contributed by atoms with Gasteiger partial charge in [0.1, 0.15) is 6.10 Å². The van der Waals surface area contributed by atoms with Gasteiger partial charge in [0.2, 0.25) is 0 Å². The number of benzene rings is 2. The monoisotopic (exact) mass is 450 g/mol. The van der Waals surface area contributed by atoms with Crippen molar-refractivity contribution in [2.45, 2.75) is 25.5 Å². The zero-order chi connectivity index (χ0) is 21.9. The van der Waals surface area contributed by atoms with Crippen molar-refractivity contribution in [3.8, 4) is 16.9 Å². The maximum Gasteiger partial charge on any atom is 0.251 e. The standard InChI is InChI=1S/C25H27ClN4O2/c26-21-10-8-19(9-11-21)24-20(18-30(27-24)22-5-2-1-3-6-22)17-28-12-14-29(15-13-28)25(31)23-7-4-16-32-23/h1-3,5-6,8-11,18,23H,4,7,12-17H2/t23-/m0/s1. The number of amides is 1. The lowest BCUT2D eigenvalue weighted by Gasteiger charge is -2.35. The van der Waals surface area contributed by atoms with Gasteiger partial charge in [-0.05, 0) is 37.1 Å². The van der Waals surface area contributed by atoms with Crippen LogP contribution in [0.4, 0.5) is 0 Å². The highest BCUT2D eigenvalue weighted by molar-refractivity contribution is 6.30. The smallest absolute Gasteiger partial charge is 0.251 e. The summed E-state index contributed by atoms with van der Waals surface area (Å²) in [4.78, 5) is 17.0. The highest BCUT2D eigenvalue weighted by Gasteiger charge is 2.30. The molecule has 2 aromatic carbocycles. The number of carbonyl (C=O) groups excluding carboxylic acids is 1. The van der Waals surface area contributed by atoms with Crippen LogP contribution in [0.2, 0.25) is 5.02 Å². The number of carbonyl (C=O) groups is 1. The first-order valence-corrected chi connectivity index (χ1v) is 11.6. The molecule has 0 bridgehead atoms. The van der Waals surface area contributed by atoms with Crippen LogP contribution in [0.1, 0.15) is 18.4 Å². The molecule has 3 heterocycles.